The minimum atomic E-state index is 0.360. The van der Waals surface area contributed by atoms with Gasteiger partial charge < -0.3 is 14.5 Å². The summed E-state index contributed by atoms with van der Waals surface area (Å²) in [6.07, 6.45) is 4.50. The smallest absolute Gasteiger partial charge is 0.208 e. The van der Waals surface area contributed by atoms with Crippen molar-refractivity contribution in [3.05, 3.63) is 23.0 Å². The van der Waals surface area contributed by atoms with Crippen molar-refractivity contribution in [2.75, 3.05) is 43.1 Å². The monoisotopic (exact) mass is 400 g/mol. The Kier molecular flexibility index (Phi) is 4.81. The van der Waals surface area contributed by atoms with E-state index in [1.807, 2.05) is 10.6 Å². The molecular weight excluding hydrogens is 376 g/mol. The average molecular weight is 401 g/mol. The van der Waals surface area contributed by atoms with Crippen LogP contribution in [0.2, 0.25) is 0 Å². The maximum Gasteiger partial charge on any atom is 0.208 e. The highest BCUT2D eigenvalue weighted by molar-refractivity contribution is 7.15. The normalized spacial score (nSPS) is 18.5. The fraction of sp³-hybridized carbons (Fsp3) is 0.611. The first-order valence-corrected chi connectivity index (χ1v) is 10.7. The van der Waals surface area contributed by atoms with E-state index in [4.69, 9.17) is 9.84 Å². The molecule has 2 aliphatic rings. The number of aromatic nitrogens is 6. The Morgan fingerprint density at radius 3 is 2.61 bits per heavy atom. The van der Waals surface area contributed by atoms with E-state index in [0.717, 1.165) is 66.4 Å². The number of ether oxygens (including phenoxy) is 1. The van der Waals surface area contributed by atoms with Crippen molar-refractivity contribution in [1.29, 1.82) is 0 Å². The third kappa shape index (κ3) is 3.30. The third-order valence-electron chi connectivity index (χ3n) is 5.56. The second kappa shape index (κ2) is 7.59. The van der Waals surface area contributed by atoms with Gasteiger partial charge in [0.2, 0.25) is 5.13 Å². The maximum atomic E-state index is 5.14. The van der Waals surface area contributed by atoms with Gasteiger partial charge in [0.15, 0.2) is 11.5 Å². The molecule has 0 bridgehead atoms. The Balaban J connectivity index is 1.31. The molecule has 5 heterocycles. The van der Waals surface area contributed by atoms with Crippen molar-refractivity contribution in [2.45, 2.75) is 38.2 Å². The standard InChI is InChI=1S/C18H24N8OS/c1-27-12-16-20-22-18(28-16)25-10-6-13(7-11-25)17-21-19-14-4-5-15(23-26(14)17)24-8-2-3-9-24/h4-5,13H,2-3,6-12H2,1H3. The van der Waals surface area contributed by atoms with E-state index in [9.17, 15) is 0 Å². The van der Waals surface area contributed by atoms with Crippen LogP contribution in [0.5, 0.6) is 0 Å². The van der Waals surface area contributed by atoms with E-state index in [1.54, 1.807) is 18.4 Å². The first-order chi connectivity index (χ1) is 13.8. The largest absolute Gasteiger partial charge is 0.377 e. The summed E-state index contributed by atoms with van der Waals surface area (Å²) in [5.74, 6) is 2.37. The van der Waals surface area contributed by atoms with Gasteiger partial charge in [0, 0.05) is 39.2 Å². The number of piperidine rings is 1. The molecule has 0 saturated carbocycles. The molecule has 9 nitrogen and oxygen atoms in total. The van der Waals surface area contributed by atoms with Gasteiger partial charge in [-0.1, -0.05) is 11.3 Å². The third-order valence-corrected chi connectivity index (χ3v) is 6.52. The van der Waals surface area contributed by atoms with Crippen molar-refractivity contribution in [1.82, 2.24) is 30.0 Å². The topological polar surface area (TPSA) is 84.6 Å². The van der Waals surface area contributed by atoms with Crippen LogP contribution in [0.15, 0.2) is 12.1 Å². The Hall–Kier alpha value is -2.33. The lowest BCUT2D eigenvalue weighted by atomic mass is 9.96. The van der Waals surface area contributed by atoms with E-state index in [2.05, 4.69) is 36.3 Å². The fourth-order valence-electron chi connectivity index (χ4n) is 4.05. The Labute approximate surface area is 167 Å². The zero-order chi connectivity index (χ0) is 18.9. The summed E-state index contributed by atoms with van der Waals surface area (Å²) in [7, 11) is 1.68. The fourth-order valence-corrected chi connectivity index (χ4v) is 4.91. The van der Waals surface area contributed by atoms with Crippen molar-refractivity contribution in [3.63, 3.8) is 0 Å². The van der Waals surface area contributed by atoms with Crippen LogP contribution < -0.4 is 9.80 Å². The van der Waals surface area contributed by atoms with Crippen LogP contribution in [0.3, 0.4) is 0 Å². The zero-order valence-corrected chi connectivity index (χ0v) is 16.8. The van der Waals surface area contributed by atoms with Gasteiger partial charge in [-0.2, -0.15) is 4.52 Å². The van der Waals surface area contributed by atoms with Gasteiger partial charge in [0.1, 0.15) is 17.4 Å². The Bertz CT molecular complexity index is 942. The lowest BCUT2D eigenvalue weighted by Gasteiger charge is -2.30. The number of anilines is 2. The maximum absolute atomic E-state index is 5.14. The van der Waals surface area contributed by atoms with Gasteiger partial charge in [-0.15, -0.1) is 25.5 Å². The lowest BCUT2D eigenvalue weighted by Crippen LogP contribution is -2.33. The van der Waals surface area contributed by atoms with Crippen molar-refractivity contribution < 1.29 is 4.74 Å². The van der Waals surface area contributed by atoms with Crippen LogP contribution in [-0.4, -0.2) is 63.3 Å². The molecule has 0 aromatic carbocycles. The molecule has 28 heavy (non-hydrogen) atoms. The first kappa shape index (κ1) is 17.7. The second-order valence-corrected chi connectivity index (χ2v) is 8.43. The van der Waals surface area contributed by atoms with Gasteiger partial charge in [-0.05, 0) is 37.8 Å². The van der Waals surface area contributed by atoms with E-state index in [1.165, 1.54) is 12.8 Å². The average Bonchev–Trinajstić information content (AvgIpc) is 3.48. The number of fused-ring (bicyclic) bond motifs is 1. The number of hydrogen-bond acceptors (Lipinski definition) is 9. The van der Waals surface area contributed by atoms with E-state index in [-0.39, 0.29) is 0 Å². The second-order valence-electron chi connectivity index (χ2n) is 7.39. The first-order valence-electron chi connectivity index (χ1n) is 9.85. The molecule has 0 aliphatic carbocycles. The van der Waals surface area contributed by atoms with Gasteiger partial charge in [0.25, 0.3) is 0 Å². The highest BCUT2D eigenvalue weighted by Gasteiger charge is 2.27. The molecule has 5 rings (SSSR count). The van der Waals surface area contributed by atoms with Crippen LogP contribution in [0.1, 0.15) is 42.4 Å². The summed E-state index contributed by atoms with van der Waals surface area (Å²) in [4.78, 5) is 4.65. The molecule has 0 amide bonds. The van der Waals surface area contributed by atoms with Crippen molar-refractivity contribution >= 4 is 27.9 Å². The van der Waals surface area contributed by atoms with Gasteiger partial charge in [0.05, 0.1) is 0 Å². The molecule has 0 atom stereocenters. The van der Waals surface area contributed by atoms with Crippen LogP contribution in [0.4, 0.5) is 10.9 Å². The highest BCUT2D eigenvalue weighted by Crippen LogP contribution is 2.31. The molecule has 2 aliphatic heterocycles. The SMILES string of the molecule is COCc1nnc(N2CCC(c3nnc4ccc(N5CCCC5)nn34)CC2)s1. The Morgan fingerprint density at radius 2 is 1.82 bits per heavy atom. The molecule has 148 valence electrons. The van der Waals surface area contributed by atoms with Gasteiger partial charge >= 0.3 is 0 Å². The Morgan fingerprint density at radius 1 is 1.00 bits per heavy atom. The molecule has 0 spiro atoms. The molecular formula is C18H24N8OS. The number of methoxy groups -OCH3 is 1. The molecule has 0 unspecified atom stereocenters. The summed E-state index contributed by atoms with van der Waals surface area (Å²) in [6.45, 7) is 4.56. The van der Waals surface area contributed by atoms with Crippen LogP contribution in [0.25, 0.3) is 5.65 Å². The minimum Gasteiger partial charge on any atom is -0.377 e. The predicted molar refractivity (Wildman–Crippen MR) is 107 cm³/mol. The van der Waals surface area contributed by atoms with E-state index < -0.39 is 0 Å². The van der Waals surface area contributed by atoms with E-state index in [0.29, 0.717) is 12.5 Å². The predicted octanol–water partition coefficient (Wildman–Crippen LogP) is 2.11. The van der Waals surface area contributed by atoms with Gasteiger partial charge in [-0.25, -0.2) is 0 Å². The summed E-state index contributed by atoms with van der Waals surface area (Å²) < 4.78 is 7.10. The zero-order valence-electron chi connectivity index (χ0n) is 16.0. The van der Waals surface area contributed by atoms with Crippen molar-refractivity contribution in [2.24, 2.45) is 0 Å². The van der Waals surface area contributed by atoms with E-state index >= 15 is 0 Å². The molecule has 3 aromatic rings. The van der Waals surface area contributed by atoms with Crippen molar-refractivity contribution in [3.8, 4) is 0 Å². The lowest BCUT2D eigenvalue weighted by molar-refractivity contribution is 0.184. The van der Waals surface area contributed by atoms with Crippen LogP contribution in [0, 0.1) is 0 Å². The summed E-state index contributed by atoms with van der Waals surface area (Å²) in [5, 5.41) is 24.1. The molecule has 3 aromatic heterocycles. The van der Waals surface area contributed by atoms with Gasteiger partial charge in [-0.3, -0.25) is 0 Å². The molecule has 0 radical (unpaired) electrons. The molecule has 2 saturated heterocycles. The number of nitrogens with zero attached hydrogens (tertiary/aromatic N) is 8. The summed E-state index contributed by atoms with van der Waals surface area (Å²) in [5.41, 5.74) is 0.828. The van der Waals surface area contributed by atoms with Crippen LogP contribution in [-0.2, 0) is 11.3 Å². The van der Waals surface area contributed by atoms with Crippen LogP contribution >= 0.6 is 11.3 Å². The highest BCUT2D eigenvalue weighted by atomic mass is 32.1. The number of hydrogen-bond donors (Lipinski definition) is 0. The molecule has 2 fully saturated rings. The summed E-state index contributed by atoms with van der Waals surface area (Å²) in [6, 6.07) is 4.10. The molecule has 0 N–H and O–H groups in total. The number of rotatable bonds is 5. The quantitative estimate of drug-likeness (QED) is 0.644. The molecule has 10 heteroatoms. The minimum absolute atomic E-state index is 0.360. The summed E-state index contributed by atoms with van der Waals surface area (Å²) >= 11 is 1.61.